The lowest BCUT2D eigenvalue weighted by Crippen LogP contribution is -2.18. The van der Waals surface area contributed by atoms with Crippen LogP contribution < -0.4 is 0 Å². The normalized spacial score (nSPS) is 20.5. The summed E-state index contributed by atoms with van der Waals surface area (Å²) in [7, 11) is 2.03. The van der Waals surface area contributed by atoms with E-state index in [1.807, 2.05) is 7.05 Å². The number of nitrogens with zero attached hydrogens (tertiary/aromatic N) is 1. The zero-order valence-corrected chi connectivity index (χ0v) is 8.36. The highest BCUT2D eigenvalue weighted by Crippen LogP contribution is 2.27. The summed E-state index contributed by atoms with van der Waals surface area (Å²) in [5.74, 6) is -0.346. The molecular weight excluding hydrogens is 178 g/mol. The maximum atomic E-state index is 10.6. The highest BCUT2D eigenvalue weighted by atomic mass is 16.4. The fraction of sp³-hybridized carbons (Fsp3) is 0.545. The molecule has 0 saturated carbocycles. The molecule has 1 N–H and O–H groups in total. The molecule has 14 heavy (non-hydrogen) atoms. The van der Waals surface area contributed by atoms with Crippen molar-refractivity contribution in [2.45, 2.75) is 25.7 Å². The van der Waals surface area contributed by atoms with Crippen LogP contribution in [-0.4, -0.2) is 15.6 Å². The van der Waals surface area contributed by atoms with Crippen LogP contribution in [0.2, 0.25) is 0 Å². The van der Waals surface area contributed by atoms with Crippen LogP contribution >= 0.6 is 0 Å². The minimum Gasteiger partial charge on any atom is -0.481 e. The molecule has 0 fully saturated rings. The number of hydrogen-bond donors (Lipinski definition) is 1. The third kappa shape index (κ3) is 1.67. The van der Waals surface area contributed by atoms with Gasteiger partial charge in [-0.1, -0.05) is 0 Å². The predicted octanol–water partition coefficient (Wildman–Crippen LogP) is 1.60. The maximum Gasteiger partial charge on any atom is 0.303 e. The Morgan fingerprint density at radius 1 is 1.71 bits per heavy atom. The van der Waals surface area contributed by atoms with Gasteiger partial charge in [0.15, 0.2) is 0 Å². The summed E-state index contributed by atoms with van der Waals surface area (Å²) < 4.78 is 2.11. The monoisotopic (exact) mass is 193 g/mol. The van der Waals surface area contributed by atoms with Crippen molar-refractivity contribution in [1.29, 1.82) is 0 Å². The van der Waals surface area contributed by atoms with Crippen molar-refractivity contribution in [3.8, 4) is 0 Å². The average molecular weight is 193 g/mol. The molecule has 3 nitrogen and oxygen atoms in total. The Balaban J connectivity index is 2.12. The van der Waals surface area contributed by atoms with Crippen LogP contribution in [-0.2, 0) is 24.7 Å². The lowest BCUT2D eigenvalue weighted by molar-refractivity contribution is -0.138. The first-order valence-electron chi connectivity index (χ1n) is 5.01. The van der Waals surface area contributed by atoms with Crippen molar-refractivity contribution in [3.63, 3.8) is 0 Å². The quantitative estimate of drug-likeness (QED) is 0.775. The SMILES string of the molecule is Cn1ccc2c1CC(CC(=O)O)CC2. The molecule has 0 saturated heterocycles. The predicted molar refractivity (Wildman–Crippen MR) is 53.2 cm³/mol. The van der Waals surface area contributed by atoms with E-state index in [9.17, 15) is 4.79 Å². The Hall–Kier alpha value is -1.25. The number of aliphatic carboxylic acids is 1. The molecule has 1 aromatic heterocycles. The van der Waals surface area contributed by atoms with Gasteiger partial charge in [0.2, 0.25) is 0 Å². The van der Waals surface area contributed by atoms with Crippen LogP contribution in [0, 0.1) is 5.92 Å². The largest absolute Gasteiger partial charge is 0.481 e. The Kier molecular flexibility index (Phi) is 2.32. The molecule has 1 unspecified atom stereocenters. The zero-order chi connectivity index (χ0) is 10.1. The van der Waals surface area contributed by atoms with Gasteiger partial charge in [-0.25, -0.2) is 0 Å². The number of carbonyl (C=O) groups is 1. The summed E-state index contributed by atoms with van der Waals surface area (Å²) in [4.78, 5) is 10.6. The van der Waals surface area contributed by atoms with Crippen molar-refractivity contribution in [2.24, 2.45) is 13.0 Å². The molecule has 0 aliphatic heterocycles. The fourth-order valence-electron chi connectivity index (χ4n) is 2.27. The van der Waals surface area contributed by atoms with E-state index in [1.165, 1.54) is 11.3 Å². The molecule has 1 atom stereocenters. The third-order valence-electron chi connectivity index (χ3n) is 3.06. The van der Waals surface area contributed by atoms with Gasteiger partial charge in [0, 0.05) is 25.4 Å². The van der Waals surface area contributed by atoms with E-state index in [0.29, 0.717) is 12.3 Å². The zero-order valence-electron chi connectivity index (χ0n) is 8.36. The molecule has 1 aromatic rings. The van der Waals surface area contributed by atoms with Crippen molar-refractivity contribution in [2.75, 3.05) is 0 Å². The first-order valence-corrected chi connectivity index (χ1v) is 5.01. The second kappa shape index (κ2) is 3.48. The molecule has 2 rings (SSSR count). The Morgan fingerprint density at radius 3 is 3.21 bits per heavy atom. The summed E-state index contributed by atoms with van der Waals surface area (Å²) in [6.07, 6.45) is 5.35. The molecule has 0 radical (unpaired) electrons. The second-order valence-corrected chi connectivity index (χ2v) is 4.11. The van der Waals surface area contributed by atoms with Crippen LogP contribution in [0.1, 0.15) is 24.1 Å². The third-order valence-corrected chi connectivity index (χ3v) is 3.06. The van der Waals surface area contributed by atoms with Crippen LogP contribution in [0.3, 0.4) is 0 Å². The molecule has 76 valence electrons. The number of carboxylic acid groups (broad SMARTS) is 1. The number of carboxylic acids is 1. The minimum absolute atomic E-state index is 0.310. The molecule has 3 heteroatoms. The number of rotatable bonds is 2. The summed E-state index contributed by atoms with van der Waals surface area (Å²) in [6.45, 7) is 0. The van der Waals surface area contributed by atoms with Gasteiger partial charge in [-0.15, -0.1) is 0 Å². The van der Waals surface area contributed by atoms with E-state index in [0.717, 1.165) is 19.3 Å². The number of aryl methyl sites for hydroxylation is 2. The highest BCUT2D eigenvalue weighted by molar-refractivity contribution is 5.67. The van der Waals surface area contributed by atoms with Crippen LogP contribution in [0.5, 0.6) is 0 Å². The Morgan fingerprint density at radius 2 is 2.50 bits per heavy atom. The molecule has 0 spiro atoms. The van der Waals surface area contributed by atoms with Gasteiger partial charge in [-0.05, 0) is 36.8 Å². The van der Waals surface area contributed by atoms with E-state index in [2.05, 4.69) is 16.8 Å². The molecule has 1 aliphatic rings. The van der Waals surface area contributed by atoms with Crippen molar-refractivity contribution < 1.29 is 9.90 Å². The van der Waals surface area contributed by atoms with E-state index in [-0.39, 0.29) is 0 Å². The van der Waals surface area contributed by atoms with Crippen LogP contribution in [0.4, 0.5) is 0 Å². The van der Waals surface area contributed by atoms with E-state index < -0.39 is 5.97 Å². The molecule has 1 heterocycles. The van der Waals surface area contributed by atoms with Crippen molar-refractivity contribution in [3.05, 3.63) is 23.5 Å². The van der Waals surface area contributed by atoms with Gasteiger partial charge >= 0.3 is 5.97 Å². The molecule has 0 aromatic carbocycles. The lowest BCUT2D eigenvalue weighted by Gasteiger charge is -2.21. The molecular formula is C11H15NO2. The number of aromatic nitrogens is 1. The Bertz CT molecular complexity index is 354. The molecule has 1 aliphatic carbocycles. The van der Waals surface area contributed by atoms with Crippen molar-refractivity contribution in [1.82, 2.24) is 4.57 Å². The first kappa shape index (κ1) is 9.31. The molecule has 0 amide bonds. The van der Waals surface area contributed by atoms with E-state index in [4.69, 9.17) is 5.11 Å². The van der Waals surface area contributed by atoms with Gasteiger partial charge < -0.3 is 9.67 Å². The van der Waals surface area contributed by atoms with Crippen molar-refractivity contribution >= 4 is 5.97 Å². The standard InChI is InChI=1S/C11H15NO2/c1-12-5-4-9-3-2-8(6-10(9)12)7-11(13)14/h4-5,8H,2-3,6-7H2,1H3,(H,13,14). The Labute approximate surface area is 83.4 Å². The number of fused-ring (bicyclic) bond motifs is 1. The summed E-state index contributed by atoms with van der Waals surface area (Å²) >= 11 is 0. The minimum atomic E-state index is -0.673. The van der Waals surface area contributed by atoms with Gasteiger partial charge in [0.05, 0.1) is 0 Å². The summed E-state index contributed by atoms with van der Waals surface area (Å²) in [6, 6.07) is 2.15. The van der Waals surface area contributed by atoms with Crippen LogP contribution in [0.25, 0.3) is 0 Å². The fourth-order valence-corrected chi connectivity index (χ4v) is 2.27. The van der Waals surface area contributed by atoms with Crippen LogP contribution in [0.15, 0.2) is 12.3 Å². The number of hydrogen-bond acceptors (Lipinski definition) is 1. The first-order chi connectivity index (χ1) is 6.66. The second-order valence-electron chi connectivity index (χ2n) is 4.11. The van der Waals surface area contributed by atoms with Gasteiger partial charge in [-0.2, -0.15) is 0 Å². The topological polar surface area (TPSA) is 42.2 Å². The highest BCUT2D eigenvalue weighted by Gasteiger charge is 2.22. The van der Waals surface area contributed by atoms with Gasteiger partial charge in [-0.3, -0.25) is 4.79 Å². The van der Waals surface area contributed by atoms with Gasteiger partial charge in [0.1, 0.15) is 0 Å². The van der Waals surface area contributed by atoms with E-state index >= 15 is 0 Å². The van der Waals surface area contributed by atoms with Gasteiger partial charge in [0.25, 0.3) is 0 Å². The molecule has 0 bridgehead atoms. The summed E-state index contributed by atoms with van der Waals surface area (Å²) in [5, 5.41) is 8.73. The average Bonchev–Trinajstić information content (AvgIpc) is 2.47. The lowest BCUT2D eigenvalue weighted by atomic mass is 9.86. The maximum absolute atomic E-state index is 10.6. The van der Waals surface area contributed by atoms with E-state index in [1.54, 1.807) is 0 Å². The summed E-state index contributed by atoms with van der Waals surface area (Å²) in [5.41, 5.74) is 2.72. The smallest absolute Gasteiger partial charge is 0.303 e.